The Morgan fingerprint density at radius 1 is 1.30 bits per heavy atom. The third-order valence-corrected chi connectivity index (χ3v) is 3.69. The van der Waals surface area contributed by atoms with E-state index in [4.69, 9.17) is 17.0 Å². The number of benzene rings is 2. The second-order valence-electron chi connectivity index (χ2n) is 4.65. The average Bonchev–Trinajstić information content (AvgIpc) is 2.50. The van der Waals surface area contributed by atoms with Crippen LogP contribution in [0.1, 0.15) is 12.8 Å². The highest BCUT2D eigenvalue weighted by atomic mass is 32.1. The van der Waals surface area contributed by atoms with Crippen LogP contribution in [0.15, 0.2) is 55.1 Å². The van der Waals surface area contributed by atoms with Gasteiger partial charge in [-0.15, -0.1) is 6.58 Å². The number of rotatable bonds is 6. The van der Waals surface area contributed by atoms with Gasteiger partial charge < -0.3 is 10.1 Å². The Balaban J connectivity index is 2.18. The summed E-state index contributed by atoms with van der Waals surface area (Å²) in [6, 6.07) is 14.6. The number of nitrogens with one attached hydrogen (secondary N) is 1. The van der Waals surface area contributed by atoms with Crippen molar-refractivity contribution in [2.24, 2.45) is 0 Å². The molecule has 3 heteroatoms. The fraction of sp³-hybridized carbons (Fsp3) is 0.235. The molecule has 0 saturated carbocycles. The summed E-state index contributed by atoms with van der Waals surface area (Å²) in [7, 11) is 1.62. The summed E-state index contributed by atoms with van der Waals surface area (Å²) in [5.74, 6) is 0. The zero-order valence-electron chi connectivity index (χ0n) is 11.6. The number of ether oxygens (including phenoxy) is 1. The zero-order valence-corrected chi connectivity index (χ0v) is 12.5. The Hall–Kier alpha value is -1.87. The van der Waals surface area contributed by atoms with Crippen LogP contribution in [0.25, 0.3) is 10.8 Å². The Bertz CT molecular complexity index is 609. The summed E-state index contributed by atoms with van der Waals surface area (Å²) in [5.41, 5.74) is 1.05. The van der Waals surface area contributed by atoms with Crippen LogP contribution in [0, 0.1) is 0 Å². The van der Waals surface area contributed by atoms with E-state index in [-0.39, 0.29) is 6.04 Å². The molecule has 0 saturated heterocycles. The predicted molar refractivity (Wildman–Crippen MR) is 90.4 cm³/mol. The second kappa shape index (κ2) is 7.06. The molecule has 0 amide bonds. The van der Waals surface area contributed by atoms with E-state index in [0.29, 0.717) is 5.05 Å². The van der Waals surface area contributed by atoms with E-state index in [9.17, 15) is 0 Å². The lowest BCUT2D eigenvalue weighted by molar-refractivity contribution is 0.394. The number of anilines is 1. The van der Waals surface area contributed by atoms with Crippen molar-refractivity contribution < 1.29 is 4.74 Å². The van der Waals surface area contributed by atoms with Gasteiger partial charge in [-0.05, 0) is 48.0 Å². The van der Waals surface area contributed by atoms with Gasteiger partial charge in [0.05, 0.1) is 13.2 Å². The van der Waals surface area contributed by atoms with Crippen molar-refractivity contribution in [1.82, 2.24) is 0 Å². The average molecular weight is 285 g/mol. The van der Waals surface area contributed by atoms with Crippen LogP contribution in [-0.4, -0.2) is 18.2 Å². The Morgan fingerprint density at radius 3 is 2.75 bits per heavy atom. The van der Waals surface area contributed by atoms with E-state index >= 15 is 0 Å². The molecule has 104 valence electrons. The Kier molecular flexibility index (Phi) is 5.13. The summed E-state index contributed by atoms with van der Waals surface area (Å²) in [6.45, 7) is 3.75. The lowest BCUT2D eigenvalue weighted by atomic mass is 10.1. The van der Waals surface area contributed by atoms with Crippen LogP contribution >= 0.6 is 12.2 Å². The summed E-state index contributed by atoms with van der Waals surface area (Å²) in [5, 5.41) is 6.47. The minimum Gasteiger partial charge on any atom is -0.488 e. The molecular weight excluding hydrogens is 266 g/mol. The van der Waals surface area contributed by atoms with Crippen molar-refractivity contribution in [3.63, 3.8) is 0 Å². The van der Waals surface area contributed by atoms with E-state index in [2.05, 4.69) is 42.2 Å². The van der Waals surface area contributed by atoms with Crippen LogP contribution < -0.4 is 5.32 Å². The second-order valence-corrected chi connectivity index (χ2v) is 5.05. The Labute approximate surface area is 125 Å². The highest BCUT2D eigenvalue weighted by Crippen LogP contribution is 2.20. The van der Waals surface area contributed by atoms with Gasteiger partial charge in [-0.1, -0.05) is 36.4 Å². The molecule has 2 aromatic rings. The van der Waals surface area contributed by atoms with Gasteiger partial charge in [-0.2, -0.15) is 0 Å². The maximum atomic E-state index is 5.27. The largest absolute Gasteiger partial charge is 0.488 e. The van der Waals surface area contributed by atoms with Crippen molar-refractivity contribution in [2.75, 3.05) is 12.4 Å². The van der Waals surface area contributed by atoms with Crippen molar-refractivity contribution in [1.29, 1.82) is 0 Å². The summed E-state index contributed by atoms with van der Waals surface area (Å²) in [6.07, 6.45) is 3.67. The molecule has 0 aliphatic heterocycles. The van der Waals surface area contributed by atoms with Crippen molar-refractivity contribution in [3.8, 4) is 0 Å². The molecule has 0 spiro atoms. The SMILES string of the molecule is C=CCC[C@H](Nc1ccc2ccccc2c1)C(=S)OC. The van der Waals surface area contributed by atoms with Gasteiger partial charge in [0, 0.05) is 5.69 Å². The molecule has 2 rings (SSSR count). The van der Waals surface area contributed by atoms with Crippen molar-refractivity contribution >= 4 is 33.7 Å². The van der Waals surface area contributed by atoms with Crippen molar-refractivity contribution in [3.05, 3.63) is 55.1 Å². The molecule has 20 heavy (non-hydrogen) atoms. The van der Waals surface area contributed by atoms with Gasteiger partial charge in [0.25, 0.3) is 0 Å². The number of hydrogen-bond acceptors (Lipinski definition) is 3. The number of methoxy groups -OCH3 is 1. The first kappa shape index (κ1) is 14.5. The lowest BCUT2D eigenvalue weighted by Gasteiger charge is -2.19. The molecule has 1 N–H and O–H groups in total. The third kappa shape index (κ3) is 3.58. The Morgan fingerprint density at radius 2 is 2.05 bits per heavy atom. The topological polar surface area (TPSA) is 21.3 Å². The smallest absolute Gasteiger partial charge is 0.181 e. The molecule has 2 aromatic carbocycles. The molecule has 0 unspecified atom stereocenters. The van der Waals surface area contributed by atoms with Gasteiger partial charge in [0.2, 0.25) is 0 Å². The highest BCUT2D eigenvalue weighted by Gasteiger charge is 2.14. The first-order valence-electron chi connectivity index (χ1n) is 6.68. The van der Waals surface area contributed by atoms with Crippen LogP contribution in [0.3, 0.4) is 0 Å². The van der Waals surface area contributed by atoms with Gasteiger partial charge in [-0.25, -0.2) is 0 Å². The molecule has 1 atom stereocenters. The number of hydrogen-bond donors (Lipinski definition) is 1. The van der Waals surface area contributed by atoms with E-state index in [1.165, 1.54) is 10.8 Å². The first-order chi connectivity index (χ1) is 9.74. The van der Waals surface area contributed by atoms with Gasteiger partial charge in [0.15, 0.2) is 5.05 Å². The van der Waals surface area contributed by atoms with Gasteiger partial charge in [0.1, 0.15) is 0 Å². The van der Waals surface area contributed by atoms with Crippen LogP contribution in [0.2, 0.25) is 0 Å². The highest BCUT2D eigenvalue weighted by molar-refractivity contribution is 7.80. The standard InChI is InChI=1S/C17H19NOS/c1-3-4-9-16(17(20)19-2)18-15-11-10-13-7-5-6-8-14(13)12-15/h3,5-8,10-12,16,18H,1,4,9H2,2H3/t16-/m0/s1. The fourth-order valence-corrected chi connectivity index (χ4v) is 2.33. The fourth-order valence-electron chi connectivity index (χ4n) is 2.16. The molecule has 0 aromatic heterocycles. The molecule has 2 nitrogen and oxygen atoms in total. The number of thiocarbonyl (C=S) groups is 1. The molecular formula is C17H19NOS. The van der Waals surface area contributed by atoms with E-state index < -0.39 is 0 Å². The molecule has 0 bridgehead atoms. The maximum absolute atomic E-state index is 5.27. The van der Waals surface area contributed by atoms with Gasteiger partial charge >= 0.3 is 0 Å². The van der Waals surface area contributed by atoms with Crippen LogP contribution in [0.5, 0.6) is 0 Å². The molecule has 0 aliphatic rings. The molecule has 0 fully saturated rings. The third-order valence-electron chi connectivity index (χ3n) is 3.24. The summed E-state index contributed by atoms with van der Waals surface area (Å²) in [4.78, 5) is 0. The minimum absolute atomic E-state index is 0.0224. The molecule has 0 radical (unpaired) electrons. The van der Waals surface area contributed by atoms with E-state index in [1.807, 2.05) is 18.2 Å². The van der Waals surface area contributed by atoms with Crippen LogP contribution in [0.4, 0.5) is 5.69 Å². The van der Waals surface area contributed by atoms with Crippen molar-refractivity contribution in [2.45, 2.75) is 18.9 Å². The quantitative estimate of drug-likeness (QED) is 0.621. The van der Waals surface area contributed by atoms with E-state index in [0.717, 1.165) is 18.5 Å². The molecule has 0 aliphatic carbocycles. The zero-order chi connectivity index (χ0) is 14.4. The minimum atomic E-state index is 0.0224. The first-order valence-corrected chi connectivity index (χ1v) is 7.09. The molecule has 0 heterocycles. The summed E-state index contributed by atoms with van der Waals surface area (Å²) < 4.78 is 5.20. The normalized spacial score (nSPS) is 11.8. The lowest BCUT2D eigenvalue weighted by Crippen LogP contribution is -2.29. The number of allylic oxidation sites excluding steroid dienone is 1. The summed E-state index contributed by atoms with van der Waals surface area (Å²) >= 11 is 5.27. The van der Waals surface area contributed by atoms with E-state index in [1.54, 1.807) is 7.11 Å². The van der Waals surface area contributed by atoms with Crippen LogP contribution in [-0.2, 0) is 4.74 Å². The van der Waals surface area contributed by atoms with Gasteiger partial charge in [-0.3, -0.25) is 0 Å². The predicted octanol–water partition coefficient (Wildman–Crippen LogP) is 4.56. The maximum Gasteiger partial charge on any atom is 0.181 e. The number of fused-ring (bicyclic) bond motifs is 1. The monoisotopic (exact) mass is 285 g/mol.